The van der Waals surface area contributed by atoms with Crippen LogP contribution in [0, 0.1) is 0 Å². The van der Waals surface area contributed by atoms with E-state index in [0.29, 0.717) is 17.1 Å². The van der Waals surface area contributed by atoms with Crippen molar-refractivity contribution in [3.63, 3.8) is 0 Å². The van der Waals surface area contributed by atoms with Gasteiger partial charge in [-0.1, -0.05) is 29.3 Å². The fourth-order valence-electron chi connectivity index (χ4n) is 4.31. The minimum Gasteiger partial charge on any atom is -0.507 e. The van der Waals surface area contributed by atoms with Crippen molar-refractivity contribution in [2.45, 2.75) is 12.6 Å². The van der Waals surface area contributed by atoms with Gasteiger partial charge in [0.15, 0.2) is 23.0 Å². The molecule has 0 aliphatic carbocycles. The number of furan rings is 1. The molecule has 1 aromatic heterocycles. The Kier molecular flexibility index (Phi) is 6.19. The van der Waals surface area contributed by atoms with Gasteiger partial charge in [-0.05, 0) is 35.9 Å². The SMILES string of the molecule is COc1c(Cl)cc(/C(O)=C2/C(=O)C(=O)N(Cc3ccc4c(c3)OCO4)C2c2ccco2)c(OC)c1Cl. The number of methoxy groups -OCH3 is 2. The molecule has 1 unspecified atom stereocenters. The first-order valence-corrected chi connectivity index (χ1v) is 11.4. The smallest absolute Gasteiger partial charge is 0.296 e. The molecule has 11 heteroatoms. The summed E-state index contributed by atoms with van der Waals surface area (Å²) in [4.78, 5) is 27.8. The molecular weight excluding hydrogens is 513 g/mol. The number of aliphatic hydroxyl groups excluding tert-OH is 1. The number of hydrogen-bond acceptors (Lipinski definition) is 8. The molecule has 0 spiro atoms. The number of ketones is 1. The third-order valence-electron chi connectivity index (χ3n) is 5.94. The quantitative estimate of drug-likeness (QED) is 0.270. The van der Waals surface area contributed by atoms with Gasteiger partial charge in [-0.3, -0.25) is 9.59 Å². The predicted octanol–water partition coefficient (Wildman–Crippen LogP) is 4.95. The number of hydrogen-bond donors (Lipinski definition) is 1. The van der Waals surface area contributed by atoms with Gasteiger partial charge in [0, 0.05) is 6.54 Å². The molecule has 1 N–H and O–H groups in total. The first-order chi connectivity index (χ1) is 17.3. The zero-order valence-corrected chi connectivity index (χ0v) is 20.6. The summed E-state index contributed by atoms with van der Waals surface area (Å²) in [5.74, 6) is -0.685. The minimum absolute atomic E-state index is 0.00168. The van der Waals surface area contributed by atoms with E-state index in [1.165, 1.54) is 31.4 Å². The normalized spacial score (nSPS) is 18.1. The molecule has 1 saturated heterocycles. The van der Waals surface area contributed by atoms with Crippen LogP contribution in [0.5, 0.6) is 23.0 Å². The van der Waals surface area contributed by atoms with Gasteiger partial charge in [0.05, 0.1) is 36.6 Å². The summed E-state index contributed by atoms with van der Waals surface area (Å²) in [5.41, 5.74) is 0.503. The number of fused-ring (bicyclic) bond motifs is 1. The highest BCUT2D eigenvalue weighted by molar-refractivity contribution is 6.46. The Hall–Kier alpha value is -3.82. The molecule has 5 rings (SSSR count). The summed E-state index contributed by atoms with van der Waals surface area (Å²) < 4.78 is 26.9. The molecule has 1 amide bonds. The molecule has 0 radical (unpaired) electrons. The van der Waals surface area contributed by atoms with Crippen molar-refractivity contribution in [3.05, 3.63) is 75.2 Å². The third-order valence-corrected chi connectivity index (χ3v) is 6.56. The lowest BCUT2D eigenvalue weighted by molar-refractivity contribution is -0.140. The Bertz CT molecular complexity index is 1400. The van der Waals surface area contributed by atoms with E-state index >= 15 is 0 Å². The maximum Gasteiger partial charge on any atom is 0.296 e. The fourth-order valence-corrected chi connectivity index (χ4v) is 5.00. The van der Waals surface area contributed by atoms with Crippen molar-refractivity contribution < 1.29 is 38.1 Å². The standard InChI is InChI=1S/C25H19Cl2NO8/c1-32-23-13(9-14(26)24(33-2)19(23)27)21(29)18-20(16-4-3-7-34-16)28(25(31)22(18)30)10-12-5-6-15-17(8-12)36-11-35-15/h3-9,20,29H,10-11H2,1-2H3/b21-18-. The van der Waals surface area contributed by atoms with E-state index in [1.54, 1.807) is 30.3 Å². The number of Topliss-reactive ketones (excluding diaryl/α,β-unsaturated/α-hetero) is 1. The van der Waals surface area contributed by atoms with Crippen LogP contribution in [0.15, 0.2) is 52.7 Å². The summed E-state index contributed by atoms with van der Waals surface area (Å²) in [6.45, 7) is 0.134. The van der Waals surface area contributed by atoms with Crippen LogP contribution in [0.25, 0.3) is 5.76 Å². The van der Waals surface area contributed by atoms with Crippen LogP contribution in [0.3, 0.4) is 0 Å². The molecule has 1 atom stereocenters. The van der Waals surface area contributed by atoms with Crippen LogP contribution in [-0.2, 0) is 16.1 Å². The molecule has 2 aliphatic heterocycles. The van der Waals surface area contributed by atoms with E-state index < -0.39 is 23.5 Å². The number of nitrogens with zero attached hydrogens (tertiary/aromatic N) is 1. The third kappa shape index (κ3) is 3.81. The number of ether oxygens (including phenoxy) is 4. The van der Waals surface area contributed by atoms with E-state index in [1.807, 2.05) is 0 Å². The molecule has 2 aliphatic rings. The summed E-state index contributed by atoms with van der Waals surface area (Å²) >= 11 is 12.7. The van der Waals surface area contributed by atoms with Gasteiger partial charge in [0.2, 0.25) is 6.79 Å². The van der Waals surface area contributed by atoms with Crippen LogP contribution >= 0.6 is 23.2 Å². The van der Waals surface area contributed by atoms with Gasteiger partial charge >= 0.3 is 0 Å². The van der Waals surface area contributed by atoms with Gasteiger partial charge in [-0.15, -0.1) is 0 Å². The van der Waals surface area contributed by atoms with Gasteiger partial charge in [0.25, 0.3) is 11.7 Å². The lowest BCUT2D eigenvalue weighted by atomic mass is 9.98. The van der Waals surface area contributed by atoms with E-state index in [2.05, 4.69) is 0 Å². The van der Waals surface area contributed by atoms with E-state index in [-0.39, 0.29) is 51.8 Å². The second-order valence-electron chi connectivity index (χ2n) is 7.92. The highest BCUT2D eigenvalue weighted by atomic mass is 35.5. The van der Waals surface area contributed by atoms with Crippen molar-refractivity contribution in [1.82, 2.24) is 4.90 Å². The summed E-state index contributed by atoms with van der Waals surface area (Å²) in [5, 5.41) is 11.5. The number of likely N-dealkylation sites (tertiary alicyclic amines) is 1. The fraction of sp³-hybridized carbons (Fsp3) is 0.200. The molecule has 2 aromatic carbocycles. The molecule has 1 fully saturated rings. The average molecular weight is 532 g/mol. The summed E-state index contributed by atoms with van der Waals surface area (Å²) in [7, 11) is 2.72. The van der Waals surface area contributed by atoms with Gasteiger partial charge < -0.3 is 33.4 Å². The monoisotopic (exact) mass is 531 g/mol. The zero-order chi connectivity index (χ0) is 25.6. The van der Waals surface area contributed by atoms with Gasteiger partial charge in [-0.25, -0.2) is 0 Å². The molecule has 3 aromatic rings. The lowest BCUT2D eigenvalue weighted by Crippen LogP contribution is -2.29. The first kappa shape index (κ1) is 23.9. The van der Waals surface area contributed by atoms with E-state index in [0.717, 1.165) is 0 Å². The van der Waals surface area contributed by atoms with Crippen molar-refractivity contribution in [1.29, 1.82) is 0 Å². The molecular formula is C25H19Cl2NO8. The zero-order valence-electron chi connectivity index (χ0n) is 19.0. The van der Waals surface area contributed by atoms with Gasteiger partial charge in [-0.2, -0.15) is 0 Å². The number of amides is 1. The van der Waals surface area contributed by atoms with Crippen LogP contribution in [-0.4, -0.2) is 42.7 Å². The molecule has 9 nitrogen and oxygen atoms in total. The first-order valence-electron chi connectivity index (χ1n) is 10.7. The van der Waals surface area contributed by atoms with Crippen molar-refractivity contribution in [2.24, 2.45) is 0 Å². The summed E-state index contributed by atoms with van der Waals surface area (Å²) in [6.07, 6.45) is 1.41. The van der Waals surface area contributed by atoms with Crippen LogP contribution in [0.4, 0.5) is 0 Å². The minimum atomic E-state index is -1.03. The van der Waals surface area contributed by atoms with Crippen LogP contribution in [0.1, 0.15) is 22.9 Å². The Morgan fingerprint density at radius 3 is 2.53 bits per heavy atom. The van der Waals surface area contributed by atoms with E-state index in [4.69, 9.17) is 46.6 Å². The number of aliphatic hydroxyl groups is 1. The predicted molar refractivity (Wildman–Crippen MR) is 129 cm³/mol. The maximum absolute atomic E-state index is 13.3. The van der Waals surface area contributed by atoms with Gasteiger partial charge in [0.1, 0.15) is 22.6 Å². The molecule has 0 bridgehead atoms. The summed E-state index contributed by atoms with van der Waals surface area (Å²) in [6, 6.07) is 8.77. The second kappa shape index (κ2) is 9.33. The second-order valence-corrected chi connectivity index (χ2v) is 8.70. The Balaban J connectivity index is 1.64. The molecule has 0 saturated carbocycles. The number of rotatable bonds is 6. The highest BCUT2D eigenvalue weighted by Gasteiger charge is 2.48. The number of halogens is 2. The maximum atomic E-state index is 13.3. The largest absolute Gasteiger partial charge is 0.507 e. The molecule has 3 heterocycles. The topological polar surface area (TPSA) is 108 Å². The van der Waals surface area contributed by atoms with Crippen molar-refractivity contribution >= 4 is 40.7 Å². The molecule has 36 heavy (non-hydrogen) atoms. The molecule has 186 valence electrons. The van der Waals surface area contributed by atoms with Crippen LogP contribution < -0.4 is 18.9 Å². The number of carbonyl (C=O) groups is 2. The van der Waals surface area contributed by atoms with E-state index in [9.17, 15) is 14.7 Å². The highest BCUT2D eigenvalue weighted by Crippen LogP contribution is 2.47. The van der Waals surface area contributed by atoms with Crippen molar-refractivity contribution in [2.75, 3.05) is 21.0 Å². The Morgan fingerprint density at radius 1 is 1.08 bits per heavy atom. The Labute approximate surface area is 215 Å². The van der Waals surface area contributed by atoms with Crippen LogP contribution in [0.2, 0.25) is 10.0 Å². The number of carbonyl (C=O) groups excluding carboxylic acids is 2. The Morgan fingerprint density at radius 2 is 1.83 bits per heavy atom. The lowest BCUT2D eigenvalue weighted by Gasteiger charge is -2.24. The average Bonchev–Trinajstić information content (AvgIpc) is 3.60. The van der Waals surface area contributed by atoms with Crippen molar-refractivity contribution in [3.8, 4) is 23.0 Å². The number of benzene rings is 2.